The number of benzene rings is 3. The zero-order chi connectivity index (χ0) is 25.9. The first-order valence-electron chi connectivity index (χ1n) is 12.1. The Bertz CT molecular complexity index is 1810. The minimum atomic E-state index is -0.156. The van der Waals surface area contributed by atoms with Crippen molar-refractivity contribution in [3.8, 4) is 0 Å². The Labute approximate surface area is 224 Å². The molecule has 184 valence electrons. The lowest BCUT2D eigenvalue weighted by atomic mass is 10.1. The highest BCUT2D eigenvalue weighted by Gasteiger charge is 2.14. The van der Waals surface area contributed by atoms with Crippen LogP contribution in [0.5, 0.6) is 0 Å². The van der Waals surface area contributed by atoms with Crippen LogP contribution in [0.1, 0.15) is 21.7 Å². The van der Waals surface area contributed by atoms with Crippen LogP contribution in [-0.4, -0.2) is 25.7 Å². The van der Waals surface area contributed by atoms with Gasteiger partial charge < -0.3 is 5.32 Å². The van der Waals surface area contributed by atoms with Crippen molar-refractivity contribution in [2.45, 2.75) is 16.7 Å². The van der Waals surface area contributed by atoms with E-state index in [1.807, 2.05) is 109 Å². The van der Waals surface area contributed by atoms with Crippen LogP contribution in [0.2, 0.25) is 0 Å². The van der Waals surface area contributed by atoms with Crippen LogP contribution in [0.15, 0.2) is 113 Å². The van der Waals surface area contributed by atoms with Gasteiger partial charge in [-0.25, -0.2) is 4.68 Å². The number of carbonyl (C=O) groups is 1. The molecule has 6 rings (SSSR count). The van der Waals surface area contributed by atoms with Gasteiger partial charge in [-0.3, -0.25) is 14.8 Å². The molecule has 7 heteroatoms. The van der Waals surface area contributed by atoms with Gasteiger partial charge in [0.15, 0.2) is 0 Å². The maximum Gasteiger partial charge on any atom is 0.256 e. The summed E-state index contributed by atoms with van der Waals surface area (Å²) in [5.74, 6) is -0.156. The Morgan fingerprint density at radius 2 is 1.79 bits per heavy atom. The number of anilines is 1. The topological polar surface area (TPSA) is 72.7 Å². The van der Waals surface area contributed by atoms with E-state index in [1.165, 1.54) is 0 Å². The van der Waals surface area contributed by atoms with E-state index in [2.05, 4.69) is 32.5 Å². The lowest BCUT2D eigenvalue weighted by molar-refractivity contribution is 0.102. The molecule has 0 bridgehead atoms. The van der Waals surface area contributed by atoms with Crippen LogP contribution in [-0.2, 0) is 0 Å². The Morgan fingerprint density at radius 3 is 2.68 bits per heavy atom. The number of fused-ring (bicyclic) bond motifs is 2. The zero-order valence-corrected chi connectivity index (χ0v) is 21.4. The highest BCUT2D eigenvalue weighted by molar-refractivity contribution is 7.99. The van der Waals surface area contributed by atoms with E-state index in [1.54, 1.807) is 18.0 Å². The molecule has 3 aromatic carbocycles. The molecule has 0 aliphatic heterocycles. The number of hydrogen-bond acceptors (Lipinski definition) is 5. The van der Waals surface area contributed by atoms with E-state index < -0.39 is 0 Å². The quantitative estimate of drug-likeness (QED) is 0.253. The molecule has 1 N–H and O–H groups in total. The first kappa shape index (κ1) is 23.6. The maximum absolute atomic E-state index is 13.3. The molecule has 0 fully saturated rings. The lowest BCUT2D eigenvalue weighted by Gasteiger charge is -2.11. The van der Waals surface area contributed by atoms with Gasteiger partial charge >= 0.3 is 0 Å². The molecule has 0 aliphatic rings. The molecule has 0 unspecified atom stereocenters. The molecule has 3 aromatic heterocycles. The van der Waals surface area contributed by atoms with Gasteiger partial charge in [-0.1, -0.05) is 42.1 Å². The number of nitrogens with one attached hydrogen (secondary N) is 1. The number of rotatable bonds is 6. The van der Waals surface area contributed by atoms with Gasteiger partial charge in [-0.2, -0.15) is 5.10 Å². The number of pyridine rings is 2. The normalized spacial score (nSPS) is 11.4. The van der Waals surface area contributed by atoms with Crippen molar-refractivity contribution in [2.24, 2.45) is 0 Å². The number of hydrogen-bond donors (Lipinski definition) is 1. The van der Waals surface area contributed by atoms with Gasteiger partial charge in [0.25, 0.3) is 5.91 Å². The predicted molar refractivity (Wildman–Crippen MR) is 154 cm³/mol. The fraction of sp³-hybridized carbons (Fsp3) is 0.0323. The molecule has 0 aliphatic carbocycles. The number of aromatic nitrogens is 4. The summed E-state index contributed by atoms with van der Waals surface area (Å²) in [6.07, 6.45) is 7.44. The molecule has 6 nitrogen and oxygen atoms in total. The zero-order valence-electron chi connectivity index (χ0n) is 20.6. The van der Waals surface area contributed by atoms with Gasteiger partial charge in [0.2, 0.25) is 0 Å². The third-order valence-corrected chi connectivity index (χ3v) is 7.16. The molecule has 0 saturated carbocycles. The van der Waals surface area contributed by atoms with Crippen LogP contribution < -0.4 is 5.32 Å². The van der Waals surface area contributed by atoms with Gasteiger partial charge in [-0.15, -0.1) is 0 Å². The van der Waals surface area contributed by atoms with E-state index in [4.69, 9.17) is 0 Å². The van der Waals surface area contributed by atoms with E-state index in [9.17, 15) is 4.79 Å². The summed E-state index contributed by atoms with van der Waals surface area (Å²) in [6.45, 7) is 1.97. The minimum Gasteiger partial charge on any atom is -0.322 e. The van der Waals surface area contributed by atoms with Gasteiger partial charge in [0.1, 0.15) is 0 Å². The fourth-order valence-electron chi connectivity index (χ4n) is 4.20. The molecule has 0 saturated heterocycles. The van der Waals surface area contributed by atoms with Crippen LogP contribution >= 0.6 is 11.8 Å². The number of amides is 1. The summed E-state index contributed by atoms with van der Waals surface area (Å²) in [6, 6.07) is 29.4. The fourth-order valence-corrected chi connectivity index (χ4v) is 5.17. The van der Waals surface area contributed by atoms with Crippen molar-refractivity contribution in [3.63, 3.8) is 0 Å². The third-order valence-electron chi connectivity index (χ3n) is 6.09. The molecule has 0 atom stereocenters. The summed E-state index contributed by atoms with van der Waals surface area (Å²) in [4.78, 5) is 24.0. The average molecular weight is 514 g/mol. The van der Waals surface area contributed by atoms with Gasteiger partial charge in [0, 0.05) is 44.3 Å². The number of nitrogens with zero attached hydrogens (tertiary/aromatic N) is 4. The van der Waals surface area contributed by atoms with Crippen molar-refractivity contribution in [2.75, 3.05) is 5.32 Å². The lowest BCUT2D eigenvalue weighted by Crippen LogP contribution is -2.12. The SMILES string of the molecule is Cc1ccc2cc(NC(=O)c3ccccc3Sc3ccc4cnn(C=Cc5ccccn5)c4c3)ccc2n1. The second-order valence-corrected chi connectivity index (χ2v) is 9.91. The molecule has 1 amide bonds. The highest BCUT2D eigenvalue weighted by atomic mass is 32.2. The Kier molecular flexibility index (Phi) is 6.42. The molecular weight excluding hydrogens is 490 g/mol. The van der Waals surface area contributed by atoms with Crippen molar-refractivity contribution in [1.82, 2.24) is 19.7 Å². The average Bonchev–Trinajstić information content (AvgIpc) is 3.35. The smallest absolute Gasteiger partial charge is 0.256 e. The van der Waals surface area contributed by atoms with Gasteiger partial charge in [-0.05, 0) is 73.7 Å². The van der Waals surface area contributed by atoms with Crippen LogP contribution in [0.25, 0.3) is 34.1 Å². The highest BCUT2D eigenvalue weighted by Crippen LogP contribution is 2.33. The molecule has 0 radical (unpaired) electrons. The van der Waals surface area contributed by atoms with Crippen LogP contribution in [0.4, 0.5) is 5.69 Å². The molecule has 38 heavy (non-hydrogen) atoms. The van der Waals surface area contributed by atoms with E-state index in [-0.39, 0.29) is 5.91 Å². The number of carbonyl (C=O) groups excluding carboxylic acids is 1. The monoisotopic (exact) mass is 513 g/mol. The van der Waals surface area contributed by atoms with E-state index >= 15 is 0 Å². The van der Waals surface area contributed by atoms with Crippen molar-refractivity contribution >= 4 is 57.4 Å². The predicted octanol–water partition coefficient (Wildman–Crippen LogP) is 7.32. The Hall–Kier alpha value is -4.75. The van der Waals surface area contributed by atoms with Crippen LogP contribution in [0.3, 0.4) is 0 Å². The third kappa shape index (κ3) is 5.05. The molecule has 0 spiro atoms. The summed E-state index contributed by atoms with van der Waals surface area (Å²) in [5.41, 5.74) is 5.05. The van der Waals surface area contributed by atoms with Crippen molar-refractivity contribution in [3.05, 3.63) is 120 Å². The Balaban J connectivity index is 1.25. The van der Waals surface area contributed by atoms with Crippen molar-refractivity contribution in [1.29, 1.82) is 0 Å². The summed E-state index contributed by atoms with van der Waals surface area (Å²) in [5, 5.41) is 9.57. The standard InChI is InChI=1S/C31H23N5OS/c1-21-9-10-22-18-25(12-14-28(22)34-21)35-31(37)27-7-2-3-8-30(27)38-26-13-11-23-20-33-36(29(23)19-26)17-15-24-6-4-5-16-32-24/h2-20H,1H3,(H,35,37). The molecular formula is C31H23N5OS. The number of aryl methyl sites for hydroxylation is 1. The first-order chi connectivity index (χ1) is 18.6. The van der Waals surface area contributed by atoms with Gasteiger partial charge in [0.05, 0.1) is 28.5 Å². The molecule has 3 heterocycles. The van der Waals surface area contributed by atoms with Crippen LogP contribution in [0, 0.1) is 6.92 Å². The summed E-state index contributed by atoms with van der Waals surface area (Å²) >= 11 is 1.55. The van der Waals surface area contributed by atoms with Crippen molar-refractivity contribution < 1.29 is 4.79 Å². The minimum absolute atomic E-state index is 0.156. The largest absolute Gasteiger partial charge is 0.322 e. The van der Waals surface area contributed by atoms with E-state index in [0.29, 0.717) is 5.56 Å². The maximum atomic E-state index is 13.3. The summed E-state index contributed by atoms with van der Waals surface area (Å²) < 4.78 is 1.84. The second kappa shape index (κ2) is 10.3. The summed E-state index contributed by atoms with van der Waals surface area (Å²) in [7, 11) is 0. The Morgan fingerprint density at radius 1 is 0.921 bits per heavy atom. The second-order valence-electron chi connectivity index (χ2n) is 8.79. The first-order valence-corrected chi connectivity index (χ1v) is 13.0. The molecule has 6 aromatic rings. The van der Waals surface area contributed by atoms with E-state index in [0.717, 1.165) is 48.7 Å².